The smallest absolute Gasteiger partial charge is 0.0949 e. The molecule has 1 N–H and O–H groups in total. The quantitative estimate of drug-likeness (QED) is 0.769. The summed E-state index contributed by atoms with van der Waals surface area (Å²) in [5.74, 6) is 0.694. The normalized spacial score (nSPS) is 16.8. The highest BCUT2D eigenvalue weighted by molar-refractivity contribution is 9.10. The van der Waals surface area contributed by atoms with Gasteiger partial charge in [-0.05, 0) is 42.9 Å². The van der Waals surface area contributed by atoms with Crippen LogP contribution in [-0.2, 0) is 4.74 Å². The van der Waals surface area contributed by atoms with Crippen LogP contribution < -0.4 is 5.32 Å². The monoisotopic (exact) mass is 325 g/mol. The molecule has 106 valence electrons. The van der Waals surface area contributed by atoms with Crippen LogP contribution in [0.3, 0.4) is 0 Å². The first kappa shape index (κ1) is 15.0. The molecule has 1 aliphatic carbocycles. The highest BCUT2D eigenvalue weighted by Gasteiger charge is 2.22. The second kappa shape index (κ2) is 7.41. The minimum atomic E-state index is 0.164. The molecule has 1 unspecified atom stereocenters. The zero-order valence-corrected chi connectivity index (χ0v) is 13.4. The third kappa shape index (κ3) is 5.64. The number of halogens is 1. The molecule has 0 saturated heterocycles. The molecule has 1 fully saturated rings. The van der Waals surface area contributed by atoms with Gasteiger partial charge in [0.05, 0.1) is 6.10 Å². The van der Waals surface area contributed by atoms with Gasteiger partial charge >= 0.3 is 0 Å². The molecule has 0 bridgehead atoms. The minimum Gasteiger partial charge on any atom is -0.372 e. The second-order valence-corrected chi connectivity index (χ2v) is 6.70. The van der Waals surface area contributed by atoms with E-state index in [2.05, 4.69) is 59.4 Å². The lowest BCUT2D eigenvalue weighted by atomic mass is 10.1. The van der Waals surface area contributed by atoms with Gasteiger partial charge in [-0.3, -0.25) is 0 Å². The standard InChI is InChI=1S/C16H24BrNO/c1-12(2)8-9-19-16(11-18-15-6-7-15)13-4-3-5-14(17)10-13/h3-5,10,12,15-16,18H,6-9,11H2,1-2H3. The van der Waals surface area contributed by atoms with Crippen molar-refractivity contribution >= 4 is 15.9 Å². The molecule has 2 nitrogen and oxygen atoms in total. The molecule has 3 heteroatoms. The summed E-state index contributed by atoms with van der Waals surface area (Å²) in [6, 6.07) is 9.18. The van der Waals surface area contributed by atoms with E-state index in [-0.39, 0.29) is 6.10 Å². The molecular formula is C16H24BrNO. The molecule has 1 atom stereocenters. The fraction of sp³-hybridized carbons (Fsp3) is 0.625. The highest BCUT2D eigenvalue weighted by atomic mass is 79.9. The molecule has 1 saturated carbocycles. The predicted molar refractivity (Wildman–Crippen MR) is 83.3 cm³/mol. The van der Waals surface area contributed by atoms with E-state index in [1.54, 1.807) is 0 Å². The molecule has 1 aromatic rings. The topological polar surface area (TPSA) is 21.3 Å². The molecule has 0 heterocycles. The van der Waals surface area contributed by atoms with Crippen molar-refractivity contribution in [2.75, 3.05) is 13.2 Å². The van der Waals surface area contributed by atoms with Crippen LogP contribution in [0.5, 0.6) is 0 Å². The van der Waals surface area contributed by atoms with Crippen LogP contribution in [0.25, 0.3) is 0 Å². The van der Waals surface area contributed by atoms with E-state index in [1.165, 1.54) is 18.4 Å². The summed E-state index contributed by atoms with van der Waals surface area (Å²) in [6.45, 7) is 6.22. The minimum absolute atomic E-state index is 0.164. The van der Waals surface area contributed by atoms with Crippen molar-refractivity contribution in [1.29, 1.82) is 0 Å². The van der Waals surface area contributed by atoms with Gasteiger partial charge in [0.2, 0.25) is 0 Å². The van der Waals surface area contributed by atoms with Crippen LogP contribution in [0.4, 0.5) is 0 Å². The van der Waals surface area contributed by atoms with Gasteiger partial charge in [0.15, 0.2) is 0 Å². The Morgan fingerprint density at radius 1 is 1.37 bits per heavy atom. The predicted octanol–water partition coefficient (Wildman–Crippen LogP) is 4.30. The number of ether oxygens (including phenoxy) is 1. The van der Waals surface area contributed by atoms with Crippen molar-refractivity contribution in [2.45, 2.75) is 45.3 Å². The number of benzene rings is 1. The maximum absolute atomic E-state index is 6.09. The summed E-state index contributed by atoms with van der Waals surface area (Å²) in [5, 5.41) is 3.57. The average molecular weight is 326 g/mol. The van der Waals surface area contributed by atoms with Gasteiger partial charge in [0, 0.05) is 23.7 Å². The van der Waals surface area contributed by atoms with Crippen molar-refractivity contribution < 1.29 is 4.74 Å². The van der Waals surface area contributed by atoms with E-state index in [1.807, 2.05) is 0 Å². The molecule has 0 aliphatic heterocycles. The van der Waals surface area contributed by atoms with E-state index >= 15 is 0 Å². The lowest BCUT2D eigenvalue weighted by Gasteiger charge is -2.20. The summed E-state index contributed by atoms with van der Waals surface area (Å²) in [6.07, 6.45) is 3.92. The molecule has 1 aliphatic rings. The van der Waals surface area contributed by atoms with Gasteiger partial charge in [-0.15, -0.1) is 0 Å². The molecule has 19 heavy (non-hydrogen) atoms. The van der Waals surface area contributed by atoms with Gasteiger partial charge in [0.1, 0.15) is 0 Å². The number of hydrogen-bond donors (Lipinski definition) is 1. The highest BCUT2D eigenvalue weighted by Crippen LogP contribution is 2.24. The van der Waals surface area contributed by atoms with Crippen LogP contribution >= 0.6 is 15.9 Å². The average Bonchev–Trinajstić information content (AvgIpc) is 3.17. The number of hydrogen-bond acceptors (Lipinski definition) is 2. The Morgan fingerprint density at radius 3 is 2.79 bits per heavy atom. The van der Waals surface area contributed by atoms with Crippen LogP contribution in [0, 0.1) is 5.92 Å². The lowest BCUT2D eigenvalue weighted by Crippen LogP contribution is -2.25. The van der Waals surface area contributed by atoms with Crippen LogP contribution in [-0.4, -0.2) is 19.2 Å². The summed E-state index contributed by atoms with van der Waals surface area (Å²) in [4.78, 5) is 0. The van der Waals surface area contributed by atoms with Crippen LogP contribution in [0.2, 0.25) is 0 Å². The van der Waals surface area contributed by atoms with E-state index in [0.717, 1.165) is 30.1 Å². The van der Waals surface area contributed by atoms with Crippen molar-refractivity contribution in [3.05, 3.63) is 34.3 Å². The third-order valence-corrected chi connectivity index (χ3v) is 3.90. The van der Waals surface area contributed by atoms with Crippen molar-refractivity contribution in [3.63, 3.8) is 0 Å². The largest absolute Gasteiger partial charge is 0.372 e. The molecule has 0 radical (unpaired) electrons. The summed E-state index contributed by atoms with van der Waals surface area (Å²) in [5.41, 5.74) is 1.26. The summed E-state index contributed by atoms with van der Waals surface area (Å²) < 4.78 is 7.21. The van der Waals surface area contributed by atoms with Gasteiger partial charge in [-0.2, -0.15) is 0 Å². The Bertz CT molecular complexity index is 390. The zero-order chi connectivity index (χ0) is 13.7. The molecule has 0 amide bonds. The first-order valence-electron chi connectivity index (χ1n) is 7.25. The molecule has 0 spiro atoms. The van der Waals surface area contributed by atoms with Gasteiger partial charge in [-0.1, -0.05) is 41.9 Å². The fourth-order valence-corrected chi connectivity index (χ4v) is 2.40. The maximum Gasteiger partial charge on any atom is 0.0949 e. The first-order chi connectivity index (χ1) is 9.15. The van der Waals surface area contributed by atoms with E-state index in [0.29, 0.717) is 5.92 Å². The molecule has 1 aromatic carbocycles. The van der Waals surface area contributed by atoms with E-state index in [9.17, 15) is 0 Å². The number of nitrogens with one attached hydrogen (secondary N) is 1. The van der Waals surface area contributed by atoms with Crippen molar-refractivity contribution in [1.82, 2.24) is 5.32 Å². The Kier molecular flexibility index (Phi) is 5.86. The van der Waals surface area contributed by atoms with E-state index < -0.39 is 0 Å². The SMILES string of the molecule is CC(C)CCOC(CNC1CC1)c1cccc(Br)c1. The van der Waals surface area contributed by atoms with Crippen LogP contribution in [0.15, 0.2) is 28.7 Å². The van der Waals surface area contributed by atoms with Crippen molar-refractivity contribution in [2.24, 2.45) is 5.92 Å². The molecule has 2 rings (SSSR count). The van der Waals surface area contributed by atoms with Crippen molar-refractivity contribution in [3.8, 4) is 0 Å². The van der Waals surface area contributed by atoms with E-state index in [4.69, 9.17) is 4.74 Å². The lowest BCUT2D eigenvalue weighted by molar-refractivity contribution is 0.0455. The summed E-state index contributed by atoms with van der Waals surface area (Å²) >= 11 is 3.54. The Balaban J connectivity index is 1.91. The van der Waals surface area contributed by atoms with Crippen LogP contribution in [0.1, 0.15) is 44.8 Å². The van der Waals surface area contributed by atoms with Gasteiger partial charge in [-0.25, -0.2) is 0 Å². The Morgan fingerprint density at radius 2 is 2.16 bits per heavy atom. The first-order valence-corrected chi connectivity index (χ1v) is 8.05. The third-order valence-electron chi connectivity index (χ3n) is 3.40. The molecule has 0 aromatic heterocycles. The summed E-state index contributed by atoms with van der Waals surface area (Å²) in [7, 11) is 0. The number of rotatable bonds is 8. The zero-order valence-electron chi connectivity index (χ0n) is 11.9. The Labute approximate surface area is 125 Å². The Hall–Kier alpha value is -0.380. The maximum atomic E-state index is 6.09. The molecular weight excluding hydrogens is 302 g/mol. The second-order valence-electron chi connectivity index (χ2n) is 5.78. The fourth-order valence-electron chi connectivity index (χ4n) is 1.99. The van der Waals surface area contributed by atoms with Gasteiger partial charge in [0.25, 0.3) is 0 Å². The van der Waals surface area contributed by atoms with Gasteiger partial charge < -0.3 is 10.1 Å².